The Labute approximate surface area is 115 Å². The van der Waals surface area contributed by atoms with Crippen molar-refractivity contribution in [3.8, 4) is 5.75 Å². The van der Waals surface area contributed by atoms with Crippen LogP contribution in [0.15, 0.2) is 23.1 Å². The number of hydrogen-bond acceptors (Lipinski definition) is 4. The number of sulfonamides is 1. The van der Waals surface area contributed by atoms with Crippen molar-refractivity contribution in [2.75, 3.05) is 12.3 Å². The molecule has 5 nitrogen and oxygen atoms in total. The normalized spacial score (nSPS) is 13.5. The van der Waals surface area contributed by atoms with Crippen LogP contribution in [0, 0.1) is 5.92 Å². The molecule has 1 rings (SSSR count). The molecule has 0 aliphatic carbocycles. The van der Waals surface area contributed by atoms with Gasteiger partial charge in [0.2, 0.25) is 10.0 Å². The summed E-state index contributed by atoms with van der Waals surface area (Å²) >= 11 is 0. The van der Waals surface area contributed by atoms with Gasteiger partial charge in [0.15, 0.2) is 0 Å². The quantitative estimate of drug-likeness (QED) is 0.784. The van der Waals surface area contributed by atoms with Crippen LogP contribution in [-0.2, 0) is 10.0 Å². The summed E-state index contributed by atoms with van der Waals surface area (Å²) in [6, 6.07) is 4.45. The van der Waals surface area contributed by atoms with E-state index in [1.165, 1.54) is 6.07 Å². The van der Waals surface area contributed by atoms with Crippen LogP contribution in [-0.4, -0.2) is 21.1 Å². The minimum atomic E-state index is -3.63. The molecule has 6 heteroatoms. The van der Waals surface area contributed by atoms with E-state index in [-0.39, 0.29) is 16.9 Å². The number of nitrogen functional groups attached to an aromatic ring is 1. The average molecular weight is 286 g/mol. The first-order valence-corrected chi connectivity index (χ1v) is 7.81. The van der Waals surface area contributed by atoms with Gasteiger partial charge in [-0.2, -0.15) is 0 Å². The summed E-state index contributed by atoms with van der Waals surface area (Å²) in [6.07, 6.45) is 0. The predicted octanol–water partition coefficient (Wildman–Crippen LogP) is 1.99. The number of ether oxygens (including phenoxy) is 1. The molecule has 19 heavy (non-hydrogen) atoms. The largest absolute Gasteiger partial charge is 0.492 e. The Hall–Kier alpha value is -1.27. The van der Waals surface area contributed by atoms with Crippen molar-refractivity contribution in [2.24, 2.45) is 5.92 Å². The second-order valence-electron chi connectivity index (χ2n) is 4.79. The van der Waals surface area contributed by atoms with Crippen LogP contribution in [0.2, 0.25) is 0 Å². The molecule has 0 radical (unpaired) electrons. The third kappa shape index (κ3) is 4.11. The fourth-order valence-electron chi connectivity index (χ4n) is 1.45. The Bertz CT molecular complexity index is 527. The lowest BCUT2D eigenvalue weighted by molar-refractivity contribution is 0.331. The summed E-state index contributed by atoms with van der Waals surface area (Å²) in [5.41, 5.74) is 6.05. The van der Waals surface area contributed by atoms with Gasteiger partial charge in [-0.05, 0) is 38.0 Å². The highest BCUT2D eigenvalue weighted by molar-refractivity contribution is 7.89. The van der Waals surface area contributed by atoms with Gasteiger partial charge in [0.25, 0.3) is 0 Å². The van der Waals surface area contributed by atoms with Crippen LogP contribution in [0.5, 0.6) is 5.75 Å². The van der Waals surface area contributed by atoms with Crippen LogP contribution < -0.4 is 15.2 Å². The lowest BCUT2D eigenvalue weighted by Crippen LogP contribution is -2.36. The zero-order chi connectivity index (χ0) is 14.6. The van der Waals surface area contributed by atoms with Gasteiger partial charge in [0, 0.05) is 11.7 Å². The molecular formula is C13H22N2O3S. The SMILES string of the molecule is CCOc1ccc(N)cc1S(=O)(=O)NC(C)C(C)C. The van der Waals surface area contributed by atoms with Crippen molar-refractivity contribution >= 4 is 15.7 Å². The first-order valence-electron chi connectivity index (χ1n) is 6.32. The van der Waals surface area contributed by atoms with E-state index in [2.05, 4.69) is 4.72 Å². The third-order valence-corrected chi connectivity index (χ3v) is 4.48. The smallest absolute Gasteiger partial charge is 0.244 e. The van der Waals surface area contributed by atoms with Gasteiger partial charge < -0.3 is 10.5 Å². The zero-order valence-electron chi connectivity index (χ0n) is 11.8. The highest BCUT2D eigenvalue weighted by Gasteiger charge is 2.23. The average Bonchev–Trinajstić information content (AvgIpc) is 2.31. The van der Waals surface area contributed by atoms with E-state index >= 15 is 0 Å². The van der Waals surface area contributed by atoms with E-state index < -0.39 is 10.0 Å². The number of anilines is 1. The van der Waals surface area contributed by atoms with Gasteiger partial charge in [-0.1, -0.05) is 13.8 Å². The molecule has 0 aliphatic rings. The van der Waals surface area contributed by atoms with Gasteiger partial charge >= 0.3 is 0 Å². The van der Waals surface area contributed by atoms with Crippen molar-refractivity contribution in [3.63, 3.8) is 0 Å². The lowest BCUT2D eigenvalue weighted by Gasteiger charge is -2.19. The molecule has 0 saturated carbocycles. The molecule has 0 amide bonds. The second kappa shape index (κ2) is 6.25. The number of hydrogen-bond donors (Lipinski definition) is 2. The molecule has 0 spiro atoms. The summed E-state index contributed by atoms with van der Waals surface area (Å²) in [4.78, 5) is 0.0850. The van der Waals surface area contributed by atoms with Crippen molar-refractivity contribution in [2.45, 2.75) is 38.6 Å². The van der Waals surface area contributed by atoms with Gasteiger partial charge in [0.1, 0.15) is 10.6 Å². The minimum Gasteiger partial charge on any atom is -0.492 e. The number of nitrogens with two attached hydrogens (primary N) is 1. The molecule has 108 valence electrons. The fourth-order valence-corrected chi connectivity index (χ4v) is 3.03. The Morgan fingerprint density at radius 3 is 2.47 bits per heavy atom. The summed E-state index contributed by atoms with van der Waals surface area (Å²) in [7, 11) is -3.63. The van der Waals surface area contributed by atoms with E-state index in [9.17, 15) is 8.42 Å². The molecule has 1 aromatic carbocycles. The van der Waals surface area contributed by atoms with Crippen LogP contribution in [0.1, 0.15) is 27.7 Å². The number of rotatable bonds is 6. The van der Waals surface area contributed by atoms with E-state index in [0.29, 0.717) is 18.0 Å². The van der Waals surface area contributed by atoms with E-state index in [0.717, 1.165) is 0 Å². The summed E-state index contributed by atoms with van der Waals surface area (Å²) in [6.45, 7) is 7.93. The van der Waals surface area contributed by atoms with E-state index in [1.54, 1.807) is 19.1 Å². The second-order valence-corrected chi connectivity index (χ2v) is 6.48. The lowest BCUT2D eigenvalue weighted by atomic mass is 10.1. The maximum absolute atomic E-state index is 12.3. The van der Waals surface area contributed by atoms with Crippen LogP contribution in [0.25, 0.3) is 0 Å². The first-order chi connectivity index (χ1) is 8.77. The van der Waals surface area contributed by atoms with E-state index in [1.807, 2.05) is 20.8 Å². The topological polar surface area (TPSA) is 81.4 Å². The molecule has 0 fully saturated rings. The third-order valence-electron chi connectivity index (χ3n) is 2.90. The molecule has 0 saturated heterocycles. The highest BCUT2D eigenvalue weighted by atomic mass is 32.2. The van der Waals surface area contributed by atoms with Crippen molar-refractivity contribution in [3.05, 3.63) is 18.2 Å². The van der Waals surface area contributed by atoms with Crippen molar-refractivity contribution < 1.29 is 13.2 Å². The maximum Gasteiger partial charge on any atom is 0.244 e. The fraction of sp³-hybridized carbons (Fsp3) is 0.538. The van der Waals surface area contributed by atoms with Crippen molar-refractivity contribution in [1.29, 1.82) is 0 Å². The van der Waals surface area contributed by atoms with E-state index in [4.69, 9.17) is 10.5 Å². The highest BCUT2D eigenvalue weighted by Crippen LogP contribution is 2.26. The van der Waals surface area contributed by atoms with Gasteiger partial charge in [-0.25, -0.2) is 13.1 Å². The van der Waals surface area contributed by atoms with Crippen molar-refractivity contribution in [1.82, 2.24) is 4.72 Å². The summed E-state index contributed by atoms with van der Waals surface area (Å²) in [5, 5.41) is 0. The molecule has 1 unspecified atom stereocenters. The van der Waals surface area contributed by atoms with Crippen LogP contribution >= 0.6 is 0 Å². The molecule has 1 aromatic rings. The summed E-state index contributed by atoms with van der Waals surface area (Å²) < 4.78 is 32.7. The predicted molar refractivity (Wildman–Crippen MR) is 76.6 cm³/mol. The van der Waals surface area contributed by atoms with Gasteiger partial charge in [0.05, 0.1) is 6.61 Å². The summed E-state index contributed by atoms with van der Waals surface area (Å²) in [5.74, 6) is 0.520. The minimum absolute atomic E-state index is 0.0850. The Morgan fingerprint density at radius 2 is 1.95 bits per heavy atom. The molecule has 0 bridgehead atoms. The van der Waals surface area contributed by atoms with Gasteiger partial charge in [-0.3, -0.25) is 0 Å². The Balaban J connectivity index is 3.16. The van der Waals surface area contributed by atoms with Crippen LogP contribution in [0.3, 0.4) is 0 Å². The first kappa shape index (κ1) is 15.8. The standard InChI is InChI=1S/C13H22N2O3S/c1-5-18-12-7-6-11(14)8-13(12)19(16,17)15-10(4)9(2)3/h6-10,15H,5,14H2,1-4H3. The molecule has 0 aliphatic heterocycles. The molecular weight excluding hydrogens is 264 g/mol. The van der Waals surface area contributed by atoms with Crippen LogP contribution in [0.4, 0.5) is 5.69 Å². The Kier molecular flexibility index (Phi) is 5.20. The molecule has 0 heterocycles. The Morgan fingerprint density at radius 1 is 1.32 bits per heavy atom. The monoisotopic (exact) mass is 286 g/mol. The molecule has 0 aromatic heterocycles. The zero-order valence-corrected chi connectivity index (χ0v) is 12.6. The number of benzene rings is 1. The molecule has 1 atom stereocenters. The maximum atomic E-state index is 12.3. The molecule has 3 N–H and O–H groups in total. The van der Waals surface area contributed by atoms with Gasteiger partial charge in [-0.15, -0.1) is 0 Å². The number of nitrogens with one attached hydrogen (secondary N) is 1.